The zero-order valence-corrected chi connectivity index (χ0v) is 19.8. The van der Waals surface area contributed by atoms with Gasteiger partial charge in [-0.3, -0.25) is 9.59 Å². The van der Waals surface area contributed by atoms with Crippen LogP contribution in [0.15, 0.2) is 35.7 Å². The molecule has 1 aromatic carbocycles. The van der Waals surface area contributed by atoms with Crippen LogP contribution in [0.4, 0.5) is 5.69 Å². The van der Waals surface area contributed by atoms with Gasteiger partial charge in [0.25, 0.3) is 5.91 Å². The van der Waals surface area contributed by atoms with Gasteiger partial charge in [0.2, 0.25) is 5.91 Å². The van der Waals surface area contributed by atoms with Crippen LogP contribution in [0.1, 0.15) is 37.4 Å². The molecule has 2 N–H and O–H groups in total. The van der Waals surface area contributed by atoms with Crippen LogP contribution in [0.5, 0.6) is 11.5 Å². The summed E-state index contributed by atoms with van der Waals surface area (Å²) in [7, 11) is 1.58. The minimum atomic E-state index is -0.663. The number of nitrogens with one attached hydrogen (secondary N) is 2. The van der Waals surface area contributed by atoms with Gasteiger partial charge < -0.3 is 25.0 Å². The molecule has 0 aliphatic heterocycles. The summed E-state index contributed by atoms with van der Waals surface area (Å²) in [6.45, 7) is 11.3. The predicted molar refractivity (Wildman–Crippen MR) is 125 cm³/mol. The Labute approximate surface area is 188 Å². The van der Waals surface area contributed by atoms with Crippen molar-refractivity contribution in [2.75, 3.05) is 38.7 Å². The molecule has 0 bridgehead atoms. The molecule has 2 rings (SSSR count). The number of methoxy groups -OCH3 is 1. The van der Waals surface area contributed by atoms with Gasteiger partial charge in [0.15, 0.2) is 11.5 Å². The summed E-state index contributed by atoms with van der Waals surface area (Å²) in [4.78, 5) is 28.2. The molecular weight excluding hydrogens is 414 g/mol. The highest BCUT2D eigenvalue weighted by Crippen LogP contribution is 2.30. The molecule has 7 nitrogen and oxygen atoms in total. The highest BCUT2D eigenvalue weighted by Gasteiger charge is 2.25. The number of hydrogen-bond acceptors (Lipinski definition) is 6. The molecule has 2 aromatic rings. The fraction of sp³-hybridized carbons (Fsp3) is 0.478. The number of benzene rings is 1. The van der Waals surface area contributed by atoms with E-state index in [1.165, 1.54) is 11.3 Å². The summed E-state index contributed by atoms with van der Waals surface area (Å²) in [5.41, 5.74) is 0.583. The standard InChI is InChI=1S/C23H33N3O4S/c1-6-26(7-2)12-13-30-19-15-17(10-11-18(19)29-5)24-23(28)21(16(3)4)25-22(27)20-9-8-14-31-20/h8-11,14-16,21H,6-7,12-13H2,1-5H3,(H,24,28)(H,25,27). The molecule has 8 heteroatoms. The molecular formula is C23H33N3O4S. The van der Waals surface area contributed by atoms with Crippen LogP contribution >= 0.6 is 11.3 Å². The van der Waals surface area contributed by atoms with E-state index in [4.69, 9.17) is 9.47 Å². The summed E-state index contributed by atoms with van der Waals surface area (Å²) in [6, 6.07) is 8.15. The molecule has 2 amide bonds. The third-order valence-electron chi connectivity index (χ3n) is 4.97. The second-order valence-corrected chi connectivity index (χ2v) is 8.35. The summed E-state index contributed by atoms with van der Waals surface area (Å²) in [6.07, 6.45) is 0. The minimum Gasteiger partial charge on any atom is -0.493 e. The Balaban J connectivity index is 2.06. The molecule has 0 aliphatic rings. The summed E-state index contributed by atoms with van der Waals surface area (Å²) in [5.74, 6) is 0.560. The van der Waals surface area contributed by atoms with Gasteiger partial charge in [-0.2, -0.15) is 0 Å². The summed E-state index contributed by atoms with van der Waals surface area (Å²) < 4.78 is 11.3. The second kappa shape index (κ2) is 12.3. The van der Waals surface area contributed by atoms with E-state index in [9.17, 15) is 9.59 Å². The zero-order chi connectivity index (χ0) is 22.8. The average Bonchev–Trinajstić information content (AvgIpc) is 3.30. The third-order valence-corrected chi connectivity index (χ3v) is 5.84. The van der Waals surface area contributed by atoms with Gasteiger partial charge >= 0.3 is 0 Å². The maximum atomic E-state index is 12.9. The maximum Gasteiger partial charge on any atom is 0.262 e. The van der Waals surface area contributed by atoms with Crippen LogP contribution in [-0.4, -0.2) is 56.1 Å². The molecule has 0 aliphatic carbocycles. The SMILES string of the molecule is CCN(CC)CCOc1cc(NC(=O)C(NC(=O)c2cccs2)C(C)C)ccc1OC. The van der Waals surface area contributed by atoms with Gasteiger partial charge in [-0.15, -0.1) is 11.3 Å². The molecule has 1 unspecified atom stereocenters. The van der Waals surface area contributed by atoms with Crippen LogP contribution in [0, 0.1) is 5.92 Å². The Bertz CT molecular complexity index is 835. The number of carbonyl (C=O) groups excluding carboxylic acids is 2. The van der Waals surface area contributed by atoms with Crippen molar-refractivity contribution in [3.63, 3.8) is 0 Å². The van der Waals surface area contributed by atoms with Gasteiger partial charge in [-0.1, -0.05) is 33.8 Å². The van der Waals surface area contributed by atoms with Crippen LogP contribution in [0.3, 0.4) is 0 Å². The Hall–Kier alpha value is -2.58. The number of anilines is 1. The van der Waals surface area contributed by atoms with E-state index < -0.39 is 6.04 Å². The van der Waals surface area contributed by atoms with Crippen LogP contribution in [-0.2, 0) is 4.79 Å². The number of thiophene rings is 1. The number of rotatable bonds is 12. The topological polar surface area (TPSA) is 79.9 Å². The van der Waals surface area contributed by atoms with E-state index in [2.05, 4.69) is 29.4 Å². The van der Waals surface area contributed by atoms with Crippen molar-refractivity contribution in [2.24, 2.45) is 5.92 Å². The fourth-order valence-corrected chi connectivity index (χ4v) is 3.69. The second-order valence-electron chi connectivity index (χ2n) is 7.40. The zero-order valence-electron chi connectivity index (χ0n) is 18.9. The van der Waals surface area contributed by atoms with Gasteiger partial charge in [0, 0.05) is 18.3 Å². The highest BCUT2D eigenvalue weighted by molar-refractivity contribution is 7.12. The van der Waals surface area contributed by atoms with Gasteiger partial charge in [-0.25, -0.2) is 0 Å². The number of ether oxygens (including phenoxy) is 2. The van der Waals surface area contributed by atoms with Gasteiger partial charge in [0.1, 0.15) is 12.6 Å². The number of nitrogens with zero attached hydrogens (tertiary/aromatic N) is 1. The van der Waals surface area contributed by atoms with Crippen molar-refractivity contribution in [3.05, 3.63) is 40.6 Å². The molecule has 0 fully saturated rings. The molecule has 0 saturated heterocycles. The molecule has 170 valence electrons. The first kappa shape index (κ1) is 24.7. The van der Waals surface area contributed by atoms with E-state index in [1.807, 2.05) is 25.3 Å². The van der Waals surface area contributed by atoms with E-state index >= 15 is 0 Å². The lowest BCUT2D eigenvalue weighted by Gasteiger charge is -2.22. The lowest BCUT2D eigenvalue weighted by Crippen LogP contribution is -2.46. The molecule has 1 aromatic heterocycles. The normalized spacial score (nSPS) is 12.0. The monoisotopic (exact) mass is 447 g/mol. The van der Waals surface area contributed by atoms with E-state index in [1.54, 1.807) is 31.4 Å². The lowest BCUT2D eigenvalue weighted by atomic mass is 10.0. The Morgan fingerprint density at radius 1 is 1.13 bits per heavy atom. The van der Waals surface area contributed by atoms with Crippen molar-refractivity contribution in [2.45, 2.75) is 33.7 Å². The predicted octanol–water partition coefficient (Wildman–Crippen LogP) is 3.87. The largest absolute Gasteiger partial charge is 0.493 e. The van der Waals surface area contributed by atoms with Crippen LogP contribution in [0.25, 0.3) is 0 Å². The number of carbonyl (C=O) groups is 2. The number of amides is 2. The summed E-state index contributed by atoms with van der Waals surface area (Å²) in [5, 5.41) is 7.56. The van der Waals surface area contributed by atoms with Crippen molar-refractivity contribution in [1.29, 1.82) is 0 Å². The lowest BCUT2D eigenvalue weighted by molar-refractivity contribution is -0.118. The number of likely N-dealkylation sites (N-methyl/N-ethyl adjacent to an activating group) is 1. The fourth-order valence-electron chi connectivity index (χ4n) is 3.07. The van der Waals surface area contributed by atoms with Crippen LogP contribution in [0.2, 0.25) is 0 Å². The highest BCUT2D eigenvalue weighted by atomic mass is 32.1. The molecule has 1 atom stereocenters. The summed E-state index contributed by atoms with van der Waals surface area (Å²) >= 11 is 1.34. The van der Waals surface area contributed by atoms with Crippen molar-refractivity contribution >= 4 is 28.8 Å². The van der Waals surface area contributed by atoms with E-state index in [-0.39, 0.29) is 17.7 Å². The first-order valence-electron chi connectivity index (χ1n) is 10.6. The Kier molecular flexibility index (Phi) is 9.81. The van der Waals surface area contributed by atoms with Crippen LogP contribution < -0.4 is 20.1 Å². The van der Waals surface area contributed by atoms with Gasteiger partial charge in [0.05, 0.1) is 12.0 Å². The molecule has 0 spiro atoms. The van der Waals surface area contributed by atoms with Crippen molar-refractivity contribution < 1.29 is 19.1 Å². The van der Waals surface area contributed by atoms with E-state index in [0.29, 0.717) is 28.7 Å². The molecule has 31 heavy (non-hydrogen) atoms. The van der Waals surface area contributed by atoms with Crippen molar-refractivity contribution in [3.8, 4) is 11.5 Å². The number of hydrogen-bond donors (Lipinski definition) is 2. The molecule has 1 heterocycles. The molecule has 0 radical (unpaired) electrons. The van der Waals surface area contributed by atoms with E-state index in [0.717, 1.165) is 19.6 Å². The minimum absolute atomic E-state index is 0.0769. The third kappa shape index (κ3) is 7.25. The van der Waals surface area contributed by atoms with Gasteiger partial charge in [-0.05, 0) is 42.6 Å². The van der Waals surface area contributed by atoms with Crippen molar-refractivity contribution in [1.82, 2.24) is 10.2 Å². The Morgan fingerprint density at radius 3 is 2.45 bits per heavy atom. The average molecular weight is 448 g/mol. The smallest absolute Gasteiger partial charge is 0.262 e. The maximum absolute atomic E-state index is 12.9. The Morgan fingerprint density at radius 2 is 1.87 bits per heavy atom. The first-order valence-corrected chi connectivity index (χ1v) is 11.5. The first-order chi connectivity index (χ1) is 14.9. The molecule has 0 saturated carbocycles. The quantitative estimate of drug-likeness (QED) is 0.516.